The van der Waals surface area contributed by atoms with Gasteiger partial charge in [-0.15, -0.1) is 0 Å². The molecule has 2 aromatic rings. The van der Waals surface area contributed by atoms with Gasteiger partial charge >= 0.3 is 0 Å². The van der Waals surface area contributed by atoms with Crippen molar-refractivity contribution in [3.63, 3.8) is 0 Å². The number of aryl methyl sites for hydroxylation is 1. The lowest BCUT2D eigenvalue weighted by Gasteiger charge is -2.08. The second-order valence-electron chi connectivity index (χ2n) is 4.06. The summed E-state index contributed by atoms with van der Waals surface area (Å²) in [7, 11) is 0. The fourth-order valence-corrected chi connectivity index (χ4v) is 1.67. The van der Waals surface area contributed by atoms with Crippen LogP contribution in [0.25, 0.3) is 0 Å². The van der Waals surface area contributed by atoms with E-state index in [1.54, 1.807) is 25.1 Å². The van der Waals surface area contributed by atoms with Gasteiger partial charge in [-0.1, -0.05) is 18.2 Å². The van der Waals surface area contributed by atoms with Crippen LogP contribution < -0.4 is 5.32 Å². The highest BCUT2D eigenvalue weighted by Crippen LogP contribution is 2.18. The average Bonchev–Trinajstić information content (AvgIpc) is 2.39. The number of halogens is 1. The number of nitrogens with one attached hydrogen (secondary N) is 1. The molecule has 1 heterocycles. The molecule has 19 heavy (non-hydrogen) atoms. The zero-order valence-corrected chi connectivity index (χ0v) is 10.3. The number of rotatable bonds is 4. The van der Waals surface area contributed by atoms with Gasteiger partial charge in [-0.3, -0.25) is 10.1 Å². The van der Waals surface area contributed by atoms with E-state index in [0.717, 1.165) is 0 Å². The average molecular weight is 261 g/mol. The van der Waals surface area contributed by atoms with E-state index < -0.39 is 4.92 Å². The van der Waals surface area contributed by atoms with Crippen LogP contribution in [0.5, 0.6) is 0 Å². The van der Waals surface area contributed by atoms with Crippen molar-refractivity contribution in [2.45, 2.75) is 13.5 Å². The minimum absolute atomic E-state index is 0.0612. The summed E-state index contributed by atoms with van der Waals surface area (Å²) in [4.78, 5) is 14.1. The molecule has 2 rings (SSSR count). The molecule has 0 spiro atoms. The van der Waals surface area contributed by atoms with E-state index >= 15 is 0 Å². The van der Waals surface area contributed by atoms with Gasteiger partial charge in [0.15, 0.2) is 0 Å². The van der Waals surface area contributed by atoms with Gasteiger partial charge in [0.25, 0.3) is 5.69 Å². The van der Waals surface area contributed by atoms with Crippen molar-refractivity contribution in [1.29, 1.82) is 0 Å². The smallest absolute Gasteiger partial charge is 0.287 e. The highest BCUT2D eigenvalue weighted by atomic mass is 19.1. The zero-order chi connectivity index (χ0) is 13.8. The van der Waals surface area contributed by atoms with E-state index in [0.29, 0.717) is 16.9 Å². The maximum Gasteiger partial charge on any atom is 0.287 e. The van der Waals surface area contributed by atoms with Crippen LogP contribution in [0, 0.1) is 22.9 Å². The number of nitrogens with zero attached hydrogens (tertiary/aromatic N) is 2. The largest absolute Gasteiger partial charge is 0.366 e. The molecule has 6 heteroatoms. The van der Waals surface area contributed by atoms with E-state index in [4.69, 9.17) is 0 Å². The molecule has 1 N–H and O–H groups in total. The Balaban J connectivity index is 2.12. The molecule has 0 unspecified atom stereocenters. The normalized spacial score (nSPS) is 10.2. The van der Waals surface area contributed by atoms with Gasteiger partial charge in [-0.2, -0.15) is 0 Å². The predicted octanol–water partition coefficient (Wildman–Crippen LogP) is 3.05. The predicted molar refractivity (Wildman–Crippen MR) is 69.4 cm³/mol. The molecular weight excluding hydrogens is 249 g/mol. The van der Waals surface area contributed by atoms with Crippen molar-refractivity contribution >= 4 is 11.5 Å². The van der Waals surface area contributed by atoms with Crippen LogP contribution in [-0.4, -0.2) is 9.91 Å². The molecule has 1 aromatic heterocycles. The minimum atomic E-state index is -0.499. The Morgan fingerprint density at radius 2 is 2.16 bits per heavy atom. The minimum Gasteiger partial charge on any atom is -0.366 e. The van der Waals surface area contributed by atoms with Gasteiger partial charge in [0.2, 0.25) is 0 Å². The van der Waals surface area contributed by atoms with Crippen molar-refractivity contribution in [3.05, 3.63) is 63.6 Å². The van der Waals surface area contributed by atoms with Crippen molar-refractivity contribution in [2.24, 2.45) is 0 Å². The molecule has 0 bridgehead atoms. The Labute approximate surface area is 109 Å². The fraction of sp³-hybridized carbons (Fsp3) is 0.154. The Kier molecular flexibility index (Phi) is 3.70. The topological polar surface area (TPSA) is 68.1 Å². The number of nitro groups is 1. The van der Waals surface area contributed by atoms with Crippen LogP contribution >= 0.6 is 0 Å². The lowest BCUT2D eigenvalue weighted by Crippen LogP contribution is -2.05. The molecule has 98 valence electrons. The molecule has 0 aliphatic carbocycles. The van der Waals surface area contributed by atoms with Crippen molar-refractivity contribution in [1.82, 2.24) is 4.98 Å². The fourth-order valence-electron chi connectivity index (χ4n) is 1.67. The highest BCUT2D eigenvalue weighted by Gasteiger charge is 2.09. The van der Waals surface area contributed by atoms with Gasteiger partial charge < -0.3 is 5.32 Å². The van der Waals surface area contributed by atoms with E-state index in [-0.39, 0.29) is 18.0 Å². The summed E-state index contributed by atoms with van der Waals surface area (Å²) < 4.78 is 13.4. The molecule has 1 aromatic carbocycles. The summed E-state index contributed by atoms with van der Waals surface area (Å²) in [6.07, 6.45) is 1.18. The number of benzene rings is 1. The third kappa shape index (κ3) is 3.04. The van der Waals surface area contributed by atoms with E-state index in [9.17, 15) is 14.5 Å². The van der Waals surface area contributed by atoms with Crippen molar-refractivity contribution < 1.29 is 9.31 Å². The van der Waals surface area contributed by atoms with E-state index in [1.807, 2.05) is 0 Å². The van der Waals surface area contributed by atoms with Crippen molar-refractivity contribution in [2.75, 3.05) is 5.32 Å². The SMILES string of the molecule is Cc1cc([N+](=O)[O-])cnc1NCc1ccccc1F. The number of anilines is 1. The molecule has 5 nitrogen and oxygen atoms in total. The molecule has 0 amide bonds. The lowest BCUT2D eigenvalue weighted by molar-refractivity contribution is -0.385. The third-order valence-corrected chi connectivity index (χ3v) is 2.68. The highest BCUT2D eigenvalue weighted by molar-refractivity contribution is 5.48. The Hall–Kier alpha value is -2.50. The van der Waals surface area contributed by atoms with Gasteiger partial charge in [-0.25, -0.2) is 9.37 Å². The summed E-state index contributed by atoms with van der Waals surface area (Å²) in [5.74, 6) is 0.211. The maximum absolute atomic E-state index is 13.4. The van der Waals surface area contributed by atoms with E-state index in [2.05, 4.69) is 10.3 Å². The number of aromatic nitrogens is 1. The summed E-state index contributed by atoms with van der Waals surface area (Å²) in [5.41, 5.74) is 1.10. The second-order valence-corrected chi connectivity index (χ2v) is 4.06. The third-order valence-electron chi connectivity index (χ3n) is 2.68. The van der Waals surface area contributed by atoms with Crippen LogP contribution in [0.2, 0.25) is 0 Å². The first-order valence-corrected chi connectivity index (χ1v) is 5.66. The summed E-state index contributed by atoms with van der Waals surface area (Å²) in [6.45, 7) is 1.99. The summed E-state index contributed by atoms with van der Waals surface area (Å²) >= 11 is 0. The second kappa shape index (κ2) is 5.43. The monoisotopic (exact) mass is 261 g/mol. The van der Waals surface area contributed by atoms with Crippen LogP contribution in [0.1, 0.15) is 11.1 Å². The number of hydrogen-bond acceptors (Lipinski definition) is 4. The maximum atomic E-state index is 13.4. The standard InChI is InChI=1S/C13H12FN3O2/c1-9-6-11(17(18)19)8-16-13(9)15-7-10-4-2-3-5-12(10)14/h2-6,8H,7H2,1H3,(H,15,16). The first-order valence-electron chi connectivity index (χ1n) is 5.66. The van der Waals surface area contributed by atoms with Gasteiger partial charge in [-0.05, 0) is 18.6 Å². The van der Waals surface area contributed by atoms with Crippen LogP contribution in [0.4, 0.5) is 15.9 Å². The number of pyridine rings is 1. The Morgan fingerprint density at radius 3 is 2.79 bits per heavy atom. The lowest BCUT2D eigenvalue weighted by atomic mass is 10.2. The first kappa shape index (κ1) is 12.9. The molecule has 0 fully saturated rings. The summed E-state index contributed by atoms with van der Waals surface area (Å²) in [5, 5.41) is 13.5. The Morgan fingerprint density at radius 1 is 1.42 bits per heavy atom. The molecule has 0 aliphatic rings. The summed E-state index contributed by atoms with van der Waals surface area (Å²) in [6, 6.07) is 7.84. The van der Waals surface area contributed by atoms with Crippen LogP contribution in [-0.2, 0) is 6.54 Å². The van der Waals surface area contributed by atoms with Gasteiger partial charge in [0.05, 0.1) is 4.92 Å². The zero-order valence-electron chi connectivity index (χ0n) is 10.3. The molecule has 0 radical (unpaired) electrons. The first-order chi connectivity index (χ1) is 9.08. The quantitative estimate of drug-likeness (QED) is 0.678. The molecule has 0 aliphatic heterocycles. The molecular formula is C13H12FN3O2. The molecule has 0 saturated carbocycles. The number of hydrogen-bond donors (Lipinski definition) is 1. The van der Waals surface area contributed by atoms with Crippen LogP contribution in [0.15, 0.2) is 36.5 Å². The van der Waals surface area contributed by atoms with Crippen LogP contribution in [0.3, 0.4) is 0 Å². The molecule has 0 saturated heterocycles. The van der Waals surface area contributed by atoms with Crippen molar-refractivity contribution in [3.8, 4) is 0 Å². The Bertz CT molecular complexity index is 617. The van der Waals surface area contributed by atoms with Gasteiger partial charge in [0, 0.05) is 18.2 Å². The van der Waals surface area contributed by atoms with E-state index in [1.165, 1.54) is 18.3 Å². The molecule has 0 atom stereocenters. The van der Waals surface area contributed by atoms with Gasteiger partial charge in [0.1, 0.15) is 17.8 Å².